The van der Waals surface area contributed by atoms with E-state index in [0.29, 0.717) is 30.3 Å². The molecule has 44 heavy (non-hydrogen) atoms. The molecule has 0 aromatic carbocycles. The Balaban J connectivity index is 1.12. The van der Waals surface area contributed by atoms with Crippen LogP contribution in [0.5, 0.6) is 0 Å². The van der Waals surface area contributed by atoms with Gasteiger partial charge in [-0.2, -0.15) is 0 Å². The maximum Gasteiger partial charge on any atom is 0.187 e. The first-order chi connectivity index (χ1) is 20.8. The lowest BCUT2D eigenvalue weighted by molar-refractivity contribution is -0.299. The summed E-state index contributed by atoms with van der Waals surface area (Å²) in [6.07, 6.45) is 1.38. The Hall–Kier alpha value is -0.920. The number of aliphatic hydroxyl groups excluding tert-OH is 6. The number of hydrogen-bond acceptors (Lipinski definition) is 10. The van der Waals surface area contributed by atoms with Crippen LogP contribution in [0.4, 0.5) is 0 Å². The molecule has 6 aliphatic rings. The second-order valence-electron chi connectivity index (χ2n) is 15.3. The minimum atomic E-state index is -1.50. The molecule has 0 aromatic heterocycles. The van der Waals surface area contributed by atoms with Crippen LogP contribution < -0.4 is 0 Å². The fourth-order valence-corrected chi connectivity index (χ4v) is 10.8. The van der Waals surface area contributed by atoms with Gasteiger partial charge in [-0.25, -0.2) is 0 Å². The Bertz CT molecular complexity index is 1110. The molecule has 5 fully saturated rings. The van der Waals surface area contributed by atoms with Gasteiger partial charge in [-0.05, 0) is 73.5 Å². The van der Waals surface area contributed by atoms with Crippen molar-refractivity contribution in [2.75, 3.05) is 20.3 Å². The Morgan fingerprint density at radius 2 is 1.77 bits per heavy atom. The highest BCUT2D eigenvalue weighted by atomic mass is 16.7. The van der Waals surface area contributed by atoms with Gasteiger partial charge in [-0.1, -0.05) is 44.6 Å². The topological polar surface area (TPSA) is 158 Å². The third kappa shape index (κ3) is 4.98. The molecule has 0 bridgehead atoms. The fourth-order valence-electron chi connectivity index (χ4n) is 10.8. The van der Waals surface area contributed by atoms with Gasteiger partial charge in [0.2, 0.25) is 0 Å². The second-order valence-corrected chi connectivity index (χ2v) is 15.3. The predicted octanol–water partition coefficient (Wildman–Crippen LogP) is 2.04. The van der Waals surface area contributed by atoms with Crippen LogP contribution in [0, 0.1) is 40.4 Å². The van der Waals surface area contributed by atoms with Crippen LogP contribution in [0.3, 0.4) is 0 Å². The summed E-state index contributed by atoms with van der Waals surface area (Å²) in [6, 6.07) is 0. The first-order valence-corrected chi connectivity index (χ1v) is 16.7. The molecule has 3 saturated carbocycles. The zero-order valence-electron chi connectivity index (χ0n) is 26.7. The molecule has 16 atom stereocenters. The van der Waals surface area contributed by atoms with Crippen molar-refractivity contribution < 1.29 is 49.6 Å². The molecule has 0 aromatic rings. The van der Waals surface area contributed by atoms with Gasteiger partial charge in [-0.3, -0.25) is 0 Å². The highest BCUT2D eigenvalue weighted by molar-refractivity contribution is 5.27. The van der Waals surface area contributed by atoms with Crippen LogP contribution in [0.2, 0.25) is 0 Å². The first kappa shape index (κ1) is 33.0. The third-order valence-electron chi connectivity index (χ3n) is 13.2. The van der Waals surface area contributed by atoms with Crippen LogP contribution in [0.25, 0.3) is 0 Å². The van der Waals surface area contributed by atoms with Crippen LogP contribution in [0.15, 0.2) is 23.8 Å². The molecule has 0 unspecified atom stereocenters. The van der Waals surface area contributed by atoms with Gasteiger partial charge in [0.05, 0.1) is 31.5 Å². The normalized spacial score (nSPS) is 53.3. The Morgan fingerprint density at radius 1 is 1.02 bits per heavy atom. The summed E-state index contributed by atoms with van der Waals surface area (Å²) in [5.74, 6) is 0.345. The minimum absolute atomic E-state index is 0.0352. The SMILES string of the molecule is C=C(CC[C@@]1(OC)O[C@H]2[C@@H](O)[C@H]3[C@@H]4CC=C5C[C@@H](O)CC[C@]5(C)[C@H]4CC[C@]3(C)[C@H]2[C@@H]1C)CO[C@@H]1O[C@H](CO)[C@@H](O)[C@H](O)[C@H]1O. The van der Waals surface area contributed by atoms with Gasteiger partial charge in [0.25, 0.3) is 0 Å². The van der Waals surface area contributed by atoms with E-state index >= 15 is 0 Å². The van der Waals surface area contributed by atoms with E-state index in [1.54, 1.807) is 7.11 Å². The lowest BCUT2D eigenvalue weighted by Crippen LogP contribution is -2.59. The maximum absolute atomic E-state index is 12.0. The van der Waals surface area contributed by atoms with E-state index in [-0.39, 0.29) is 47.4 Å². The van der Waals surface area contributed by atoms with Crippen molar-refractivity contribution in [3.8, 4) is 0 Å². The maximum atomic E-state index is 12.0. The number of fused-ring (bicyclic) bond motifs is 7. The number of rotatable bonds is 8. The largest absolute Gasteiger partial charge is 0.394 e. The molecule has 6 rings (SSSR count). The van der Waals surface area contributed by atoms with Gasteiger partial charge in [0, 0.05) is 25.4 Å². The van der Waals surface area contributed by atoms with Gasteiger partial charge in [0.15, 0.2) is 12.1 Å². The van der Waals surface area contributed by atoms with Crippen LogP contribution in [-0.2, 0) is 18.9 Å². The van der Waals surface area contributed by atoms with Gasteiger partial charge in [-0.15, -0.1) is 0 Å². The van der Waals surface area contributed by atoms with E-state index in [1.807, 2.05) is 0 Å². The molecule has 0 spiro atoms. The molecule has 10 heteroatoms. The van der Waals surface area contributed by atoms with Crippen LogP contribution in [-0.4, -0.2) is 106 Å². The monoisotopic (exact) mass is 622 g/mol. The van der Waals surface area contributed by atoms with E-state index in [0.717, 1.165) is 38.5 Å². The van der Waals surface area contributed by atoms with Crippen LogP contribution >= 0.6 is 0 Å². The number of ether oxygens (including phenoxy) is 4. The van der Waals surface area contributed by atoms with Crippen LogP contribution in [0.1, 0.15) is 72.1 Å². The van der Waals surface area contributed by atoms with E-state index in [2.05, 4.69) is 33.4 Å². The third-order valence-corrected chi connectivity index (χ3v) is 13.2. The summed E-state index contributed by atoms with van der Waals surface area (Å²) in [5, 5.41) is 62.2. The first-order valence-electron chi connectivity index (χ1n) is 16.7. The summed E-state index contributed by atoms with van der Waals surface area (Å²) in [5.41, 5.74) is 2.16. The molecule has 0 radical (unpaired) electrons. The standard InChI is InChI=1S/C34H54O10/c1-17(16-42-31-29(40)28(39)26(37)23(15-35)43-31)8-13-34(41-5)18(2)24-30(44-34)27(38)25-21-7-6-19-14-20(36)9-11-32(19,3)22(21)10-12-33(24,25)4/h6,18,20-31,35-40H,1,7-16H2,2-5H3/t18-,20-,21+,22-,23+,24-,25+,26+,27-,28-,29+,30+,31+,32-,33+,34+/m0/s1. The lowest BCUT2D eigenvalue weighted by Gasteiger charge is -2.58. The molecule has 6 N–H and O–H groups in total. The van der Waals surface area contributed by atoms with Crippen molar-refractivity contribution in [3.05, 3.63) is 23.8 Å². The van der Waals surface area contributed by atoms with Crippen molar-refractivity contribution >= 4 is 0 Å². The average Bonchev–Trinajstić information content (AvgIpc) is 3.43. The number of hydrogen-bond donors (Lipinski definition) is 6. The van der Waals surface area contributed by atoms with E-state index in [4.69, 9.17) is 18.9 Å². The van der Waals surface area contributed by atoms with E-state index < -0.39 is 49.2 Å². The zero-order chi connectivity index (χ0) is 31.8. The quantitative estimate of drug-likeness (QED) is 0.221. The number of allylic oxidation sites excluding steroid dienone is 1. The van der Waals surface area contributed by atoms with Gasteiger partial charge < -0.3 is 49.6 Å². The number of methoxy groups -OCH3 is 1. The molecule has 2 heterocycles. The van der Waals surface area contributed by atoms with Gasteiger partial charge in [0.1, 0.15) is 24.4 Å². The highest BCUT2D eigenvalue weighted by Crippen LogP contribution is 2.70. The molecule has 10 nitrogen and oxygen atoms in total. The van der Waals surface area contributed by atoms with Crippen molar-refractivity contribution in [2.45, 2.75) is 127 Å². The average molecular weight is 623 g/mol. The summed E-state index contributed by atoms with van der Waals surface area (Å²) in [6.45, 7) is 10.6. The second kappa shape index (κ2) is 12.0. The highest BCUT2D eigenvalue weighted by Gasteiger charge is 2.71. The fraction of sp³-hybridized carbons (Fsp3) is 0.882. The molecule has 2 saturated heterocycles. The molecule has 2 aliphatic heterocycles. The molecule has 4 aliphatic carbocycles. The smallest absolute Gasteiger partial charge is 0.187 e. The van der Waals surface area contributed by atoms with Crippen molar-refractivity contribution in [2.24, 2.45) is 40.4 Å². The molecule has 0 amide bonds. The summed E-state index contributed by atoms with van der Waals surface area (Å²) < 4.78 is 24.1. The Labute approximate surface area is 261 Å². The van der Waals surface area contributed by atoms with Crippen molar-refractivity contribution in [1.29, 1.82) is 0 Å². The molecular formula is C34H54O10. The number of aliphatic hydroxyl groups is 6. The molecule has 250 valence electrons. The summed E-state index contributed by atoms with van der Waals surface area (Å²) >= 11 is 0. The Morgan fingerprint density at radius 3 is 2.48 bits per heavy atom. The minimum Gasteiger partial charge on any atom is -0.394 e. The lowest BCUT2D eigenvalue weighted by atomic mass is 9.46. The van der Waals surface area contributed by atoms with Gasteiger partial charge >= 0.3 is 0 Å². The van der Waals surface area contributed by atoms with E-state index in [1.165, 1.54) is 5.57 Å². The summed E-state index contributed by atoms with van der Waals surface area (Å²) in [7, 11) is 1.67. The predicted molar refractivity (Wildman–Crippen MR) is 160 cm³/mol. The van der Waals surface area contributed by atoms with Crippen molar-refractivity contribution in [1.82, 2.24) is 0 Å². The van der Waals surface area contributed by atoms with Crippen molar-refractivity contribution in [3.63, 3.8) is 0 Å². The summed E-state index contributed by atoms with van der Waals surface area (Å²) in [4.78, 5) is 0. The zero-order valence-corrected chi connectivity index (χ0v) is 26.7. The Kier molecular flexibility index (Phi) is 8.96. The molecular weight excluding hydrogens is 568 g/mol. The van der Waals surface area contributed by atoms with E-state index in [9.17, 15) is 30.6 Å².